The van der Waals surface area contributed by atoms with Crippen LogP contribution in [0.5, 0.6) is 5.75 Å². The molecular weight excluding hydrogens is 242 g/mol. The number of nitrogens with one attached hydrogen (secondary N) is 1. The van der Waals surface area contributed by atoms with Crippen molar-refractivity contribution in [1.29, 1.82) is 0 Å². The molecule has 0 fully saturated rings. The van der Waals surface area contributed by atoms with Gasteiger partial charge < -0.3 is 20.6 Å². The maximum Gasteiger partial charge on any atom is 0.137 e. The summed E-state index contributed by atoms with van der Waals surface area (Å²) in [6.07, 6.45) is -0.754. The maximum absolute atomic E-state index is 9.69. The molecular formula is C14H19N3O2. The van der Waals surface area contributed by atoms with E-state index in [0.717, 1.165) is 22.7 Å². The largest absolute Gasteiger partial charge is 0.494 e. The molecule has 0 saturated heterocycles. The van der Waals surface area contributed by atoms with Gasteiger partial charge in [0.15, 0.2) is 0 Å². The number of ether oxygens (including phenoxy) is 1. The molecule has 2 aromatic rings. The second-order valence-electron chi connectivity index (χ2n) is 4.30. The smallest absolute Gasteiger partial charge is 0.137 e. The van der Waals surface area contributed by atoms with E-state index in [1.807, 2.05) is 38.1 Å². The third-order valence-corrected chi connectivity index (χ3v) is 2.88. The molecule has 0 saturated carbocycles. The van der Waals surface area contributed by atoms with Crippen molar-refractivity contribution in [3.05, 3.63) is 35.8 Å². The van der Waals surface area contributed by atoms with E-state index in [2.05, 4.69) is 9.97 Å². The van der Waals surface area contributed by atoms with E-state index < -0.39 is 6.10 Å². The fraction of sp³-hybridized carbons (Fsp3) is 0.357. The van der Waals surface area contributed by atoms with Gasteiger partial charge in [-0.25, -0.2) is 4.98 Å². The van der Waals surface area contributed by atoms with Gasteiger partial charge >= 0.3 is 0 Å². The second kappa shape index (κ2) is 5.86. The fourth-order valence-electron chi connectivity index (χ4n) is 1.91. The third-order valence-electron chi connectivity index (χ3n) is 2.88. The summed E-state index contributed by atoms with van der Waals surface area (Å²) in [5.74, 6) is 1.34. The van der Waals surface area contributed by atoms with Crippen molar-refractivity contribution in [2.45, 2.75) is 20.0 Å². The molecule has 0 bridgehead atoms. The highest BCUT2D eigenvalue weighted by Gasteiger charge is 2.14. The van der Waals surface area contributed by atoms with E-state index in [4.69, 9.17) is 10.5 Å². The monoisotopic (exact) mass is 261 g/mol. The summed E-state index contributed by atoms with van der Waals surface area (Å²) < 4.78 is 5.40. The highest BCUT2D eigenvalue weighted by molar-refractivity contribution is 5.62. The fourth-order valence-corrected chi connectivity index (χ4v) is 1.91. The number of hydrogen-bond donors (Lipinski definition) is 3. The Morgan fingerprint density at radius 2 is 2.05 bits per heavy atom. The lowest BCUT2D eigenvalue weighted by atomic mass is 10.1. The zero-order valence-electron chi connectivity index (χ0n) is 11.2. The first kappa shape index (κ1) is 13.6. The Hall–Kier alpha value is -1.85. The molecule has 4 N–H and O–H groups in total. The van der Waals surface area contributed by atoms with Gasteiger partial charge in [-0.05, 0) is 38.1 Å². The molecule has 1 atom stereocenters. The van der Waals surface area contributed by atoms with Gasteiger partial charge in [-0.2, -0.15) is 0 Å². The van der Waals surface area contributed by atoms with Crippen molar-refractivity contribution in [3.63, 3.8) is 0 Å². The first-order chi connectivity index (χ1) is 9.15. The van der Waals surface area contributed by atoms with E-state index in [1.54, 1.807) is 0 Å². The van der Waals surface area contributed by atoms with Crippen LogP contribution in [0.3, 0.4) is 0 Å². The summed E-state index contributed by atoms with van der Waals surface area (Å²) >= 11 is 0. The Labute approximate surface area is 112 Å². The average Bonchev–Trinajstić information content (AvgIpc) is 2.81. The van der Waals surface area contributed by atoms with E-state index in [9.17, 15) is 5.11 Å². The Bertz CT molecular complexity index is 534. The van der Waals surface area contributed by atoms with Gasteiger partial charge in [0.25, 0.3) is 0 Å². The summed E-state index contributed by atoms with van der Waals surface area (Å²) in [7, 11) is 0. The minimum atomic E-state index is -0.754. The van der Waals surface area contributed by atoms with Crippen LogP contribution in [0.4, 0.5) is 0 Å². The number of aromatic amines is 1. The minimum absolute atomic E-state index is 0.148. The minimum Gasteiger partial charge on any atom is -0.494 e. The number of imidazole rings is 1. The van der Waals surface area contributed by atoms with Crippen molar-refractivity contribution >= 4 is 0 Å². The van der Waals surface area contributed by atoms with Crippen molar-refractivity contribution in [3.8, 4) is 17.0 Å². The normalized spacial score (nSPS) is 12.4. The van der Waals surface area contributed by atoms with Crippen molar-refractivity contribution in [1.82, 2.24) is 9.97 Å². The van der Waals surface area contributed by atoms with Crippen LogP contribution in [-0.2, 0) is 0 Å². The number of hydrogen-bond acceptors (Lipinski definition) is 4. The zero-order chi connectivity index (χ0) is 13.8. The number of nitrogens with two attached hydrogens (primary N) is 1. The van der Waals surface area contributed by atoms with Gasteiger partial charge in [0.05, 0.1) is 12.3 Å². The number of aliphatic hydroxyl groups excluding tert-OH is 1. The number of aliphatic hydroxyl groups is 1. The van der Waals surface area contributed by atoms with E-state index >= 15 is 0 Å². The van der Waals surface area contributed by atoms with Crippen LogP contribution < -0.4 is 10.5 Å². The molecule has 2 rings (SSSR count). The predicted octanol–water partition coefficient (Wildman–Crippen LogP) is 1.78. The maximum atomic E-state index is 9.69. The number of benzene rings is 1. The molecule has 1 unspecified atom stereocenters. The van der Waals surface area contributed by atoms with Crippen LogP contribution in [-0.4, -0.2) is 28.2 Å². The SMILES string of the molecule is CCOc1ccc(-c2nc(C(O)CN)[nH]c2C)cc1. The molecule has 0 amide bonds. The van der Waals surface area contributed by atoms with Crippen LogP contribution in [0.1, 0.15) is 24.5 Å². The Kier molecular flexibility index (Phi) is 4.19. The Morgan fingerprint density at radius 1 is 1.37 bits per heavy atom. The van der Waals surface area contributed by atoms with Crippen LogP contribution in [0, 0.1) is 6.92 Å². The topological polar surface area (TPSA) is 84.2 Å². The average molecular weight is 261 g/mol. The lowest BCUT2D eigenvalue weighted by molar-refractivity contribution is 0.177. The molecule has 0 aliphatic carbocycles. The molecule has 1 aromatic heterocycles. The summed E-state index contributed by atoms with van der Waals surface area (Å²) in [6.45, 7) is 4.67. The molecule has 0 spiro atoms. The zero-order valence-corrected chi connectivity index (χ0v) is 11.2. The van der Waals surface area contributed by atoms with Gasteiger partial charge in [-0.3, -0.25) is 0 Å². The van der Waals surface area contributed by atoms with Gasteiger partial charge in [0, 0.05) is 17.8 Å². The summed E-state index contributed by atoms with van der Waals surface area (Å²) in [4.78, 5) is 7.46. The Morgan fingerprint density at radius 3 is 2.63 bits per heavy atom. The molecule has 19 heavy (non-hydrogen) atoms. The van der Waals surface area contributed by atoms with Gasteiger partial charge in [-0.1, -0.05) is 0 Å². The summed E-state index contributed by atoms with van der Waals surface area (Å²) in [6, 6.07) is 7.72. The van der Waals surface area contributed by atoms with E-state index in [0.29, 0.717) is 12.4 Å². The number of aryl methyl sites for hydroxylation is 1. The molecule has 5 heteroatoms. The van der Waals surface area contributed by atoms with Gasteiger partial charge in [0.1, 0.15) is 17.7 Å². The lowest BCUT2D eigenvalue weighted by Gasteiger charge is -2.04. The molecule has 0 radical (unpaired) electrons. The van der Waals surface area contributed by atoms with Crippen LogP contribution in [0.25, 0.3) is 11.3 Å². The molecule has 0 aliphatic rings. The molecule has 5 nitrogen and oxygen atoms in total. The van der Waals surface area contributed by atoms with Gasteiger partial charge in [-0.15, -0.1) is 0 Å². The first-order valence-corrected chi connectivity index (χ1v) is 6.33. The molecule has 1 heterocycles. The van der Waals surface area contributed by atoms with Crippen LogP contribution in [0.2, 0.25) is 0 Å². The summed E-state index contributed by atoms with van der Waals surface area (Å²) in [5.41, 5.74) is 8.14. The first-order valence-electron chi connectivity index (χ1n) is 6.33. The van der Waals surface area contributed by atoms with Crippen molar-refractivity contribution in [2.75, 3.05) is 13.2 Å². The third kappa shape index (κ3) is 2.94. The lowest BCUT2D eigenvalue weighted by Crippen LogP contribution is -2.12. The highest BCUT2D eigenvalue weighted by atomic mass is 16.5. The molecule has 102 valence electrons. The van der Waals surface area contributed by atoms with Crippen LogP contribution in [0.15, 0.2) is 24.3 Å². The molecule has 1 aromatic carbocycles. The van der Waals surface area contributed by atoms with Crippen molar-refractivity contribution in [2.24, 2.45) is 5.73 Å². The predicted molar refractivity (Wildman–Crippen MR) is 73.9 cm³/mol. The highest BCUT2D eigenvalue weighted by Crippen LogP contribution is 2.25. The van der Waals surface area contributed by atoms with E-state index in [-0.39, 0.29) is 6.54 Å². The number of nitrogens with zero attached hydrogens (tertiary/aromatic N) is 1. The standard InChI is InChI=1S/C14H19N3O2/c1-3-19-11-6-4-10(5-7-11)13-9(2)16-14(17-13)12(18)8-15/h4-7,12,18H,3,8,15H2,1-2H3,(H,16,17). The van der Waals surface area contributed by atoms with Crippen molar-refractivity contribution < 1.29 is 9.84 Å². The van der Waals surface area contributed by atoms with E-state index in [1.165, 1.54) is 0 Å². The van der Waals surface area contributed by atoms with Crippen LogP contribution >= 0.6 is 0 Å². The number of rotatable bonds is 5. The molecule has 0 aliphatic heterocycles. The summed E-state index contributed by atoms with van der Waals surface area (Å²) in [5, 5.41) is 9.69. The second-order valence-corrected chi connectivity index (χ2v) is 4.30. The van der Waals surface area contributed by atoms with Gasteiger partial charge in [0.2, 0.25) is 0 Å². The number of H-pyrrole nitrogens is 1. The Balaban J connectivity index is 2.28. The number of aromatic nitrogens is 2. The quantitative estimate of drug-likeness (QED) is 0.766.